The largest absolute Gasteiger partial charge is 0.357 e. The minimum absolute atomic E-state index is 0.167. The van der Waals surface area contributed by atoms with Crippen LogP contribution in [0.2, 0.25) is 5.02 Å². The molecule has 30 heavy (non-hydrogen) atoms. The SMILES string of the molecule is CNC(=O)[C@H](C)N(Cc1ccccc1)C(=O)CN(c1cc(Cl)ccc1C)S(C)(=O)=O. The number of anilines is 1. The molecule has 0 aliphatic carbocycles. The zero-order valence-corrected chi connectivity index (χ0v) is 19.0. The van der Waals surface area contributed by atoms with Gasteiger partial charge >= 0.3 is 0 Å². The second kappa shape index (κ2) is 9.95. The first-order chi connectivity index (χ1) is 14.0. The van der Waals surface area contributed by atoms with Crippen LogP contribution in [0.5, 0.6) is 0 Å². The first-order valence-electron chi connectivity index (χ1n) is 9.33. The number of halogens is 1. The Labute approximate surface area is 182 Å². The fourth-order valence-corrected chi connectivity index (χ4v) is 4.08. The molecule has 0 saturated heterocycles. The molecule has 0 radical (unpaired) electrons. The van der Waals surface area contributed by atoms with E-state index in [0.717, 1.165) is 16.1 Å². The number of amides is 2. The lowest BCUT2D eigenvalue weighted by atomic mass is 10.1. The van der Waals surface area contributed by atoms with Crippen molar-refractivity contribution in [2.45, 2.75) is 26.4 Å². The first kappa shape index (κ1) is 23.7. The fourth-order valence-electron chi connectivity index (χ4n) is 3.02. The molecule has 2 aromatic carbocycles. The molecule has 0 aliphatic rings. The van der Waals surface area contributed by atoms with Crippen molar-refractivity contribution in [2.24, 2.45) is 0 Å². The summed E-state index contributed by atoms with van der Waals surface area (Å²) in [5, 5.41) is 2.89. The zero-order chi connectivity index (χ0) is 22.5. The van der Waals surface area contributed by atoms with Crippen LogP contribution in [0.4, 0.5) is 5.69 Å². The van der Waals surface area contributed by atoms with E-state index < -0.39 is 28.5 Å². The number of nitrogens with zero attached hydrogens (tertiary/aromatic N) is 2. The Balaban J connectivity index is 2.41. The molecule has 1 atom stereocenters. The Morgan fingerprint density at radius 1 is 1.13 bits per heavy atom. The highest BCUT2D eigenvalue weighted by Gasteiger charge is 2.30. The van der Waals surface area contributed by atoms with Crippen LogP contribution in [0.15, 0.2) is 48.5 Å². The van der Waals surface area contributed by atoms with Gasteiger partial charge in [0.05, 0.1) is 11.9 Å². The van der Waals surface area contributed by atoms with E-state index in [2.05, 4.69) is 5.32 Å². The van der Waals surface area contributed by atoms with Crippen LogP contribution in [0.1, 0.15) is 18.1 Å². The minimum atomic E-state index is -3.78. The monoisotopic (exact) mass is 451 g/mol. The molecule has 0 spiro atoms. The van der Waals surface area contributed by atoms with E-state index in [9.17, 15) is 18.0 Å². The Hall–Kier alpha value is -2.58. The molecule has 0 aromatic heterocycles. The molecule has 7 nitrogen and oxygen atoms in total. The van der Waals surface area contributed by atoms with Crippen molar-refractivity contribution in [2.75, 3.05) is 24.2 Å². The second-order valence-corrected chi connectivity index (χ2v) is 9.34. The van der Waals surface area contributed by atoms with Gasteiger partial charge in [-0.3, -0.25) is 13.9 Å². The normalized spacial score (nSPS) is 12.2. The smallest absolute Gasteiger partial charge is 0.244 e. The lowest BCUT2D eigenvalue weighted by Crippen LogP contribution is -2.50. The first-order valence-corrected chi connectivity index (χ1v) is 11.6. The summed E-state index contributed by atoms with van der Waals surface area (Å²) in [6.45, 7) is 3.06. The van der Waals surface area contributed by atoms with E-state index in [0.29, 0.717) is 16.3 Å². The van der Waals surface area contributed by atoms with Gasteiger partial charge in [0, 0.05) is 18.6 Å². The van der Waals surface area contributed by atoms with Gasteiger partial charge in [0.25, 0.3) is 0 Å². The van der Waals surface area contributed by atoms with Crippen LogP contribution in [-0.4, -0.2) is 51.0 Å². The van der Waals surface area contributed by atoms with Crippen molar-refractivity contribution >= 4 is 39.1 Å². The van der Waals surface area contributed by atoms with Crippen LogP contribution in [0.25, 0.3) is 0 Å². The highest BCUT2D eigenvalue weighted by Crippen LogP contribution is 2.26. The number of carbonyl (C=O) groups excluding carboxylic acids is 2. The van der Waals surface area contributed by atoms with Crippen molar-refractivity contribution in [1.29, 1.82) is 0 Å². The van der Waals surface area contributed by atoms with Crippen LogP contribution >= 0.6 is 11.6 Å². The number of likely N-dealkylation sites (N-methyl/N-ethyl adjacent to an activating group) is 1. The lowest BCUT2D eigenvalue weighted by molar-refractivity contribution is -0.139. The maximum atomic E-state index is 13.2. The van der Waals surface area contributed by atoms with E-state index in [1.54, 1.807) is 26.0 Å². The highest BCUT2D eigenvalue weighted by molar-refractivity contribution is 7.92. The van der Waals surface area contributed by atoms with Crippen molar-refractivity contribution < 1.29 is 18.0 Å². The second-order valence-electron chi connectivity index (χ2n) is 7.00. The van der Waals surface area contributed by atoms with Gasteiger partial charge in [0.15, 0.2) is 0 Å². The number of rotatable bonds is 8. The van der Waals surface area contributed by atoms with Gasteiger partial charge in [0.2, 0.25) is 21.8 Å². The Kier molecular flexibility index (Phi) is 7.86. The lowest BCUT2D eigenvalue weighted by Gasteiger charge is -2.31. The maximum absolute atomic E-state index is 13.2. The summed E-state index contributed by atoms with van der Waals surface area (Å²) in [6.07, 6.45) is 1.03. The number of hydrogen-bond acceptors (Lipinski definition) is 4. The summed E-state index contributed by atoms with van der Waals surface area (Å²) in [6, 6.07) is 13.3. The molecule has 0 aliphatic heterocycles. The standard InChI is InChI=1S/C21H26ClN3O4S/c1-15-10-11-18(22)12-19(15)25(30(4,28)29)14-20(26)24(16(2)21(27)23-3)13-17-8-6-5-7-9-17/h5-12,16H,13-14H2,1-4H3,(H,23,27)/t16-/m0/s1. The Morgan fingerprint density at radius 2 is 1.77 bits per heavy atom. The third-order valence-electron chi connectivity index (χ3n) is 4.73. The van der Waals surface area contributed by atoms with Gasteiger partial charge in [-0.05, 0) is 37.1 Å². The number of aryl methyl sites for hydroxylation is 1. The Bertz CT molecular complexity index is 1010. The van der Waals surface area contributed by atoms with Crippen molar-refractivity contribution in [1.82, 2.24) is 10.2 Å². The van der Waals surface area contributed by atoms with Crippen LogP contribution in [-0.2, 0) is 26.2 Å². The van der Waals surface area contributed by atoms with Gasteiger partial charge in [-0.2, -0.15) is 0 Å². The van der Waals surface area contributed by atoms with E-state index in [4.69, 9.17) is 11.6 Å². The molecular formula is C21H26ClN3O4S. The molecule has 0 unspecified atom stereocenters. The molecule has 2 aromatic rings. The average Bonchev–Trinajstić information content (AvgIpc) is 2.70. The van der Waals surface area contributed by atoms with E-state index in [1.165, 1.54) is 18.0 Å². The number of nitrogens with one attached hydrogen (secondary N) is 1. The van der Waals surface area contributed by atoms with Crippen molar-refractivity contribution in [3.8, 4) is 0 Å². The summed E-state index contributed by atoms with van der Waals surface area (Å²) >= 11 is 6.06. The predicted octanol–water partition coefficient (Wildman–Crippen LogP) is 2.58. The Morgan fingerprint density at radius 3 is 2.33 bits per heavy atom. The fraction of sp³-hybridized carbons (Fsp3) is 0.333. The molecule has 2 amide bonds. The molecule has 0 fully saturated rings. The highest BCUT2D eigenvalue weighted by atomic mass is 35.5. The van der Waals surface area contributed by atoms with E-state index in [-0.39, 0.29) is 12.5 Å². The molecule has 0 heterocycles. The minimum Gasteiger partial charge on any atom is -0.357 e. The molecule has 1 N–H and O–H groups in total. The van der Waals surface area contributed by atoms with Crippen LogP contribution in [0.3, 0.4) is 0 Å². The summed E-state index contributed by atoms with van der Waals surface area (Å²) in [4.78, 5) is 26.9. The van der Waals surface area contributed by atoms with Crippen molar-refractivity contribution in [3.05, 3.63) is 64.7 Å². The van der Waals surface area contributed by atoms with Gasteiger partial charge in [-0.1, -0.05) is 48.0 Å². The molecule has 9 heteroatoms. The summed E-state index contributed by atoms with van der Waals surface area (Å²) in [7, 11) is -2.30. The maximum Gasteiger partial charge on any atom is 0.244 e. The van der Waals surface area contributed by atoms with Crippen LogP contribution < -0.4 is 9.62 Å². The summed E-state index contributed by atoms with van der Waals surface area (Å²) < 4.78 is 26.0. The summed E-state index contributed by atoms with van der Waals surface area (Å²) in [5.41, 5.74) is 1.81. The molecule has 2 rings (SSSR count). The molecular weight excluding hydrogens is 426 g/mol. The van der Waals surface area contributed by atoms with Crippen LogP contribution in [0, 0.1) is 6.92 Å². The van der Waals surface area contributed by atoms with Gasteiger partial charge < -0.3 is 10.2 Å². The molecule has 0 saturated carbocycles. The number of hydrogen-bond donors (Lipinski definition) is 1. The van der Waals surface area contributed by atoms with E-state index in [1.807, 2.05) is 30.3 Å². The topological polar surface area (TPSA) is 86.8 Å². The third-order valence-corrected chi connectivity index (χ3v) is 6.09. The van der Waals surface area contributed by atoms with E-state index >= 15 is 0 Å². The predicted molar refractivity (Wildman–Crippen MR) is 119 cm³/mol. The molecule has 162 valence electrons. The zero-order valence-electron chi connectivity index (χ0n) is 17.4. The quantitative estimate of drug-likeness (QED) is 0.668. The number of carbonyl (C=O) groups is 2. The summed E-state index contributed by atoms with van der Waals surface area (Å²) in [5.74, 6) is -0.844. The molecule has 0 bridgehead atoms. The van der Waals surface area contributed by atoms with Gasteiger partial charge in [-0.15, -0.1) is 0 Å². The third kappa shape index (κ3) is 5.96. The number of sulfonamides is 1. The van der Waals surface area contributed by atoms with Gasteiger partial charge in [0.1, 0.15) is 12.6 Å². The van der Waals surface area contributed by atoms with Gasteiger partial charge in [-0.25, -0.2) is 8.42 Å². The number of benzene rings is 2. The van der Waals surface area contributed by atoms with Crippen molar-refractivity contribution in [3.63, 3.8) is 0 Å². The average molecular weight is 452 g/mol.